The Morgan fingerprint density at radius 2 is 1.89 bits per heavy atom. The molecule has 1 atom stereocenters. The second-order valence-electron chi connectivity index (χ2n) is 7.51. The second-order valence-corrected chi connectivity index (χ2v) is 7.51. The van der Waals surface area contributed by atoms with Gasteiger partial charge in [-0.1, -0.05) is 29.8 Å². The molecule has 1 aliphatic heterocycles. The molecule has 0 spiro atoms. The van der Waals surface area contributed by atoms with Crippen LogP contribution in [0.4, 0.5) is 0 Å². The summed E-state index contributed by atoms with van der Waals surface area (Å²) in [6, 6.07) is 10.4. The Morgan fingerprint density at radius 3 is 2.50 bits per heavy atom. The summed E-state index contributed by atoms with van der Waals surface area (Å²) in [7, 11) is 4.10. The van der Waals surface area contributed by atoms with Crippen molar-refractivity contribution in [2.24, 2.45) is 0 Å². The van der Waals surface area contributed by atoms with Crippen molar-refractivity contribution < 1.29 is 24.6 Å². The van der Waals surface area contributed by atoms with Gasteiger partial charge in [0.15, 0.2) is 12.4 Å². The number of aromatic nitrogens is 1. The number of carbonyl (C=O) groups is 2. The number of pyridine rings is 1. The summed E-state index contributed by atoms with van der Waals surface area (Å²) in [6.07, 6.45) is 4.31. The molecule has 1 unspecified atom stereocenters. The lowest BCUT2D eigenvalue weighted by Gasteiger charge is -2.24. The summed E-state index contributed by atoms with van der Waals surface area (Å²) in [5.74, 6) is -1.33. The van der Waals surface area contributed by atoms with Crippen LogP contribution < -0.4 is 9.88 Å². The fourth-order valence-electron chi connectivity index (χ4n) is 3.50. The number of aliphatic hydroxyl groups excluding tert-OH is 1. The first kappa shape index (κ1) is 19.8. The first-order chi connectivity index (χ1) is 13.4. The zero-order valence-corrected chi connectivity index (χ0v) is 16.5. The minimum atomic E-state index is -0.635. The molecule has 2 aromatic rings. The van der Waals surface area contributed by atoms with Gasteiger partial charge >= 0.3 is 0 Å². The lowest BCUT2D eigenvalue weighted by molar-refractivity contribution is -0.858. The molecule has 1 saturated heterocycles. The number of aromatic amines is 1. The minimum Gasteiger partial charge on any atom is -0.507 e. The van der Waals surface area contributed by atoms with Crippen LogP contribution in [0.25, 0.3) is 5.76 Å². The van der Waals surface area contributed by atoms with Crippen molar-refractivity contribution in [2.75, 3.05) is 27.2 Å². The molecule has 28 heavy (non-hydrogen) atoms. The molecule has 1 amide bonds. The smallest absolute Gasteiger partial charge is 0.295 e. The number of amides is 1. The van der Waals surface area contributed by atoms with Gasteiger partial charge in [0.05, 0.1) is 32.3 Å². The van der Waals surface area contributed by atoms with Crippen LogP contribution in [-0.2, 0) is 9.59 Å². The van der Waals surface area contributed by atoms with Gasteiger partial charge < -0.3 is 14.9 Å². The zero-order valence-electron chi connectivity index (χ0n) is 16.5. The number of nitrogens with zero attached hydrogens (tertiary/aromatic N) is 1. The van der Waals surface area contributed by atoms with Gasteiger partial charge in [-0.15, -0.1) is 0 Å². The van der Waals surface area contributed by atoms with E-state index < -0.39 is 17.7 Å². The standard InChI is InChI=1S/C22H25N3O3/c1-15-7-9-16(10-8-15)20(26)18-19(17-6-4-11-23-14-17)25(22(28)21(18)27)13-5-12-24(2)3/h4,6-11,14,19,26H,5,12-13H2,1-3H3/p+2. The van der Waals surface area contributed by atoms with Crippen LogP contribution in [0.15, 0.2) is 54.4 Å². The summed E-state index contributed by atoms with van der Waals surface area (Å²) in [5, 5.41) is 10.9. The molecule has 3 N–H and O–H groups in total. The van der Waals surface area contributed by atoms with Crippen molar-refractivity contribution >= 4 is 17.4 Å². The third-order valence-corrected chi connectivity index (χ3v) is 4.99. The Morgan fingerprint density at radius 1 is 1.18 bits per heavy atom. The van der Waals surface area contributed by atoms with Crippen molar-refractivity contribution in [2.45, 2.75) is 19.4 Å². The van der Waals surface area contributed by atoms with E-state index in [4.69, 9.17) is 0 Å². The van der Waals surface area contributed by atoms with Gasteiger partial charge in [-0.2, -0.15) is 0 Å². The summed E-state index contributed by atoms with van der Waals surface area (Å²) < 4.78 is 0. The van der Waals surface area contributed by atoms with E-state index in [-0.39, 0.29) is 11.3 Å². The molecule has 0 saturated carbocycles. The van der Waals surface area contributed by atoms with Crippen molar-refractivity contribution in [1.82, 2.24) is 4.90 Å². The van der Waals surface area contributed by atoms with Crippen molar-refractivity contribution in [1.29, 1.82) is 0 Å². The van der Waals surface area contributed by atoms with Crippen LogP contribution in [0.2, 0.25) is 0 Å². The summed E-state index contributed by atoms with van der Waals surface area (Å²) in [6.45, 7) is 3.30. The van der Waals surface area contributed by atoms with Gasteiger partial charge in [0.25, 0.3) is 11.7 Å². The topological polar surface area (TPSA) is 76.2 Å². The van der Waals surface area contributed by atoms with Crippen LogP contribution in [0, 0.1) is 6.92 Å². The highest BCUT2D eigenvalue weighted by Crippen LogP contribution is 2.38. The number of Topliss-reactive ketones (excluding diaryl/α,β-unsaturated/α-hetero) is 1. The summed E-state index contributed by atoms with van der Waals surface area (Å²) in [4.78, 5) is 31.5. The van der Waals surface area contributed by atoms with Crippen molar-refractivity contribution in [3.63, 3.8) is 0 Å². The lowest BCUT2D eigenvalue weighted by atomic mass is 9.96. The SMILES string of the molecule is Cc1ccc(C(O)=C2C(=O)C(=O)N(CCC[NH+](C)C)C2c2ccc[nH+]c2)cc1. The number of hydrogen-bond acceptors (Lipinski definition) is 3. The monoisotopic (exact) mass is 381 g/mol. The normalized spacial score (nSPS) is 18.9. The molecule has 0 radical (unpaired) electrons. The highest BCUT2D eigenvalue weighted by atomic mass is 16.3. The molecular formula is C22H27N3O3+2. The molecule has 1 aliphatic rings. The van der Waals surface area contributed by atoms with E-state index in [1.165, 1.54) is 4.90 Å². The van der Waals surface area contributed by atoms with Gasteiger partial charge in [0, 0.05) is 30.2 Å². The number of aliphatic hydroxyl groups is 1. The molecule has 0 bridgehead atoms. The van der Waals surface area contributed by atoms with Gasteiger partial charge in [0.2, 0.25) is 0 Å². The van der Waals surface area contributed by atoms with Gasteiger partial charge in [-0.05, 0) is 13.0 Å². The average molecular weight is 381 g/mol. The average Bonchev–Trinajstić information content (AvgIpc) is 2.93. The maximum Gasteiger partial charge on any atom is 0.295 e. The number of benzene rings is 1. The van der Waals surface area contributed by atoms with E-state index >= 15 is 0 Å². The first-order valence-electron chi connectivity index (χ1n) is 9.50. The molecule has 3 rings (SSSR count). The van der Waals surface area contributed by atoms with Gasteiger partial charge in [-0.25, -0.2) is 4.98 Å². The molecule has 0 aliphatic carbocycles. The lowest BCUT2D eigenvalue weighted by Crippen LogP contribution is -3.05. The fourth-order valence-corrected chi connectivity index (χ4v) is 3.50. The van der Waals surface area contributed by atoms with Crippen LogP contribution in [0.1, 0.15) is 29.2 Å². The molecule has 146 valence electrons. The third-order valence-electron chi connectivity index (χ3n) is 4.99. The number of likely N-dealkylation sites (tertiary alicyclic amines) is 1. The number of quaternary nitrogens is 1. The Labute approximate surface area is 165 Å². The maximum atomic E-state index is 12.9. The number of aryl methyl sites for hydroxylation is 1. The second kappa shape index (κ2) is 8.35. The van der Waals surface area contributed by atoms with E-state index in [1.54, 1.807) is 29.4 Å². The van der Waals surface area contributed by atoms with E-state index in [2.05, 4.69) is 19.1 Å². The Balaban J connectivity index is 2.06. The number of H-pyrrole nitrogens is 1. The largest absolute Gasteiger partial charge is 0.507 e. The number of rotatable bonds is 6. The van der Waals surface area contributed by atoms with E-state index in [0.29, 0.717) is 12.1 Å². The first-order valence-corrected chi connectivity index (χ1v) is 9.50. The molecule has 1 aromatic carbocycles. The summed E-state index contributed by atoms with van der Waals surface area (Å²) in [5.41, 5.74) is 2.50. The highest BCUT2D eigenvalue weighted by Gasteiger charge is 2.46. The minimum absolute atomic E-state index is 0.132. The third kappa shape index (κ3) is 3.97. The number of carbonyl (C=O) groups excluding carboxylic acids is 2. The van der Waals surface area contributed by atoms with Crippen LogP contribution in [0.5, 0.6) is 0 Å². The quantitative estimate of drug-likeness (QED) is 0.441. The van der Waals surface area contributed by atoms with Gasteiger partial charge in [-0.3, -0.25) is 9.59 Å². The molecule has 6 nitrogen and oxygen atoms in total. The van der Waals surface area contributed by atoms with Crippen molar-refractivity contribution in [3.8, 4) is 0 Å². The number of ketones is 1. The zero-order chi connectivity index (χ0) is 20.3. The molecule has 1 fully saturated rings. The number of nitrogens with one attached hydrogen (secondary N) is 2. The molecule has 6 heteroatoms. The molecule has 1 aromatic heterocycles. The highest BCUT2D eigenvalue weighted by molar-refractivity contribution is 6.46. The molecule has 2 heterocycles. The predicted molar refractivity (Wildman–Crippen MR) is 105 cm³/mol. The van der Waals surface area contributed by atoms with Gasteiger partial charge in [0.1, 0.15) is 5.76 Å². The molecular weight excluding hydrogens is 354 g/mol. The maximum absolute atomic E-state index is 12.9. The van der Waals surface area contributed by atoms with Crippen LogP contribution >= 0.6 is 0 Å². The van der Waals surface area contributed by atoms with E-state index in [0.717, 1.165) is 24.1 Å². The summed E-state index contributed by atoms with van der Waals surface area (Å²) >= 11 is 0. The van der Waals surface area contributed by atoms with E-state index in [9.17, 15) is 14.7 Å². The Kier molecular flexibility index (Phi) is 5.90. The van der Waals surface area contributed by atoms with Crippen molar-refractivity contribution in [3.05, 3.63) is 71.1 Å². The fraction of sp³-hybridized carbons (Fsp3) is 0.318. The Hall–Kier alpha value is -2.99. The number of hydrogen-bond donors (Lipinski definition) is 2. The van der Waals surface area contributed by atoms with Crippen LogP contribution in [0.3, 0.4) is 0 Å². The van der Waals surface area contributed by atoms with Crippen LogP contribution in [-0.4, -0.2) is 48.9 Å². The van der Waals surface area contributed by atoms with E-state index in [1.807, 2.05) is 31.2 Å². The Bertz CT molecular complexity index is 889. The predicted octanol–water partition coefficient (Wildman–Crippen LogP) is 0.765.